The summed E-state index contributed by atoms with van der Waals surface area (Å²) in [6.07, 6.45) is 7.09. The maximum Gasteiger partial charge on any atom is 0.212 e. The van der Waals surface area contributed by atoms with Crippen LogP contribution in [-0.2, 0) is 16.6 Å². The largest absolute Gasteiger partial charge is 0.337 e. The Kier molecular flexibility index (Phi) is 5.44. The van der Waals surface area contributed by atoms with E-state index in [1.165, 1.54) is 0 Å². The zero-order chi connectivity index (χ0) is 11.9. The van der Waals surface area contributed by atoms with Gasteiger partial charge in [0.15, 0.2) is 0 Å². The van der Waals surface area contributed by atoms with Crippen molar-refractivity contribution in [3.8, 4) is 0 Å². The van der Waals surface area contributed by atoms with Crippen molar-refractivity contribution in [2.45, 2.75) is 19.4 Å². The van der Waals surface area contributed by atoms with Crippen LogP contribution in [-0.4, -0.2) is 36.8 Å². The van der Waals surface area contributed by atoms with Crippen molar-refractivity contribution in [2.24, 2.45) is 5.73 Å². The van der Waals surface area contributed by atoms with E-state index in [9.17, 15) is 8.42 Å². The molecule has 0 spiro atoms. The van der Waals surface area contributed by atoms with E-state index in [-0.39, 0.29) is 12.3 Å². The van der Waals surface area contributed by atoms with Crippen LogP contribution in [0.15, 0.2) is 18.7 Å². The average molecular weight is 246 g/mol. The molecule has 0 bridgehead atoms. The first-order chi connectivity index (χ1) is 7.64. The minimum atomic E-state index is -3.16. The van der Waals surface area contributed by atoms with Crippen molar-refractivity contribution < 1.29 is 8.42 Å². The molecule has 0 aliphatic carbocycles. The first-order valence-electron chi connectivity index (χ1n) is 5.27. The van der Waals surface area contributed by atoms with E-state index in [1.54, 1.807) is 12.5 Å². The van der Waals surface area contributed by atoms with E-state index in [2.05, 4.69) is 9.71 Å². The van der Waals surface area contributed by atoms with Crippen molar-refractivity contribution in [1.82, 2.24) is 14.3 Å². The summed E-state index contributed by atoms with van der Waals surface area (Å²) < 4.78 is 26.9. The van der Waals surface area contributed by atoms with Crippen LogP contribution in [0.25, 0.3) is 0 Å². The molecule has 1 rings (SSSR count). The summed E-state index contributed by atoms with van der Waals surface area (Å²) in [5.41, 5.74) is 5.18. The van der Waals surface area contributed by atoms with Gasteiger partial charge in [0.1, 0.15) is 0 Å². The Hall–Kier alpha value is -0.920. The molecule has 0 aliphatic rings. The first kappa shape index (κ1) is 13.1. The number of nitrogens with two attached hydrogens (primary N) is 1. The summed E-state index contributed by atoms with van der Waals surface area (Å²) in [6.45, 7) is 1.49. The Morgan fingerprint density at radius 2 is 2.19 bits per heavy atom. The molecule has 0 atom stereocenters. The normalized spacial score (nSPS) is 11.8. The number of rotatable bonds is 8. The zero-order valence-corrected chi connectivity index (χ0v) is 9.99. The Morgan fingerprint density at radius 1 is 1.38 bits per heavy atom. The summed E-state index contributed by atoms with van der Waals surface area (Å²) in [5.74, 6) is -0.00544. The molecule has 0 aliphatic heterocycles. The lowest BCUT2D eigenvalue weighted by molar-refractivity contribution is 0.566. The van der Waals surface area contributed by atoms with E-state index in [4.69, 9.17) is 5.73 Å². The van der Waals surface area contributed by atoms with Gasteiger partial charge in [-0.3, -0.25) is 0 Å². The quantitative estimate of drug-likeness (QED) is 0.607. The topological polar surface area (TPSA) is 90.0 Å². The fourth-order valence-corrected chi connectivity index (χ4v) is 2.20. The summed E-state index contributed by atoms with van der Waals surface area (Å²) in [4.78, 5) is 3.92. The van der Waals surface area contributed by atoms with Crippen molar-refractivity contribution in [2.75, 3.05) is 18.8 Å². The highest BCUT2D eigenvalue weighted by molar-refractivity contribution is 7.89. The van der Waals surface area contributed by atoms with Gasteiger partial charge in [-0.15, -0.1) is 0 Å². The molecule has 0 saturated carbocycles. The second-order valence-electron chi connectivity index (χ2n) is 3.51. The van der Waals surface area contributed by atoms with Gasteiger partial charge in [-0.05, 0) is 12.8 Å². The number of nitrogens with zero attached hydrogens (tertiary/aromatic N) is 2. The number of aromatic nitrogens is 2. The lowest BCUT2D eigenvalue weighted by atomic mass is 10.3. The van der Waals surface area contributed by atoms with Gasteiger partial charge in [0.25, 0.3) is 0 Å². The fraction of sp³-hybridized carbons (Fsp3) is 0.667. The van der Waals surface area contributed by atoms with Gasteiger partial charge in [0, 0.05) is 32.0 Å². The molecule has 0 fully saturated rings. The van der Waals surface area contributed by atoms with Crippen LogP contribution in [0, 0.1) is 0 Å². The molecule has 0 saturated heterocycles. The van der Waals surface area contributed by atoms with Gasteiger partial charge in [-0.2, -0.15) is 0 Å². The van der Waals surface area contributed by atoms with Crippen LogP contribution in [0.2, 0.25) is 0 Å². The number of hydrogen-bond donors (Lipinski definition) is 2. The maximum absolute atomic E-state index is 11.2. The molecule has 1 aromatic rings. The SMILES string of the molecule is NCCS(=O)(=O)NCCCCn1ccnc1. The molecule has 16 heavy (non-hydrogen) atoms. The van der Waals surface area contributed by atoms with E-state index in [1.807, 2.05) is 10.8 Å². The van der Waals surface area contributed by atoms with Gasteiger partial charge in [0.05, 0.1) is 12.1 Å². The van der Waals surface area contributed by atoms with Crippen molar-refractivity contribution >= 4 is 10.0 Å². The molecule has 6 nitrogen and oxygen atoms in total. The Bertz CT molecular complexity index is 374. The van der Waals surface area contributed by atoms with Crippen molar-refractivity contribution in [3.63, 3.8) is 0 Å². The molecule has 92 valence electrons. The number of hydrogen-bond acceptors (Lipinski definition) is 4. The summed E-state index contributed by atoms with van der Waals surface area (Å²) in [7, 11) is -3.16. The highest BCUT2D eigenvalue weighted by atomic mass is 32.2. The Labute approximate surface area is 95.9 Å². The van der Waals surface area contributed by atoms with E-state index in [0.29, 0.717) is 6.54 Å². The van der Waals surface area contributed by atoms with Crippen molar-refractivity contribution in [3.05, 3.63) is 18.7 Å². The Balaban J connectivity index is 2.08. The number of unbranched alkanes of at least 4 members (excludes halogenated alkanes) is 1. The monoisotopic (exact) mass is 246 g/mol. The van der Waals surface area contributed by atoms with Gasteiger partial charge in [-0.25, -0.2) is 18.1 Å². The zero-order valence-electron chi connectivity index (χ0n) is 9.17. The third kappa shape index (κ3) is 5.24. The number of nitrogens with one attached hydrogen (secondary N) is 1. The number of aryl methyl sites for hydroxylation is 1. The fourth-order valence-electron chi connectivity index (χ4n) is 1.29. The molecule has 0 radical (unpaired) electrons. The molecule has 1 heterocycles. The highest BCUT2D eigenvalue weighted by Crippen LogP contribution is 1.94. The highest BCUT2D eigenvalue weighted by Gasteiger charge is 2.06. The molecule has 3 N–H and O–H groups in total. The second kappa shape index (κ2) is 6.62. The average Bonchev–Trinajstić information content (AvgIpc) is 2.69. The third-order valence-electron chi connectivity index (χ3n) is 2.11. The smallest absolute Gasteiger partial charge is 0.212 e. The van der Waals surface area contributed by atoms with E-state index >= 15 is 0 Å². The van der Waals surface area contributed by atoms with Crippen LogP contribution in [0.1, 0.15) is 12.8 Å². The van der Waals surface area contributed by atoms with Crippen LogP contribution < -0.4 is 10.5 Å². The van der Waals surface area contributed by atoms with Crippen LogP contribution in [0.5, 0.6) is 0 Å². The minimum Gasteiger partial charge on any atom is -0.337 e. The maximum atomic E-state index is 11.2. The standard InChI is InChI=1S/C9H18N4O2S/c10-3-8-16(14,15)12-4-1-2-6-13-7-5-11-9-13/h5,7,9,12H,1-4,6,8,10H2. The lowest BCUT2D eigenvalue weighted by Gasteiger charge is -2.05. The van der Waals surface area contributed by atoms with Crippen molar-refractivity contribution in [1.29, 1.82) is 0 Å². The molecule has 0 unspecified atom stereocenters. The predicted molar refractivity (Wildman–Crippen MR) is 62.3 cm³/mol. The van der Waals surface area contributed by atoms with E-state index < -0.39 is 10.0 Å². The second-order valence-corrected chi connectivity index (χ2v) is 5.44. The summed E-state index contributed by atoms with van der Waals surface area (Å²) in [5, 5.41) is 0. The molecule has 0 aromatic carbocycles. The third-order valence-corrected chi connectivity index (χ3v) is 3.53. The molecular weight excluding hydrogens is 228 g/mol. The molecule has 7 heteroatoms. The number of sulfonamides is 1. The van der Waals surface area contributed by atoms with Gasteiger partial charge in [-0.1, -0.05) is 0 Å². The van der Waals surface area contributed by atoms with Crippen LogP contribution in [0.4, 0.5) is 0 Å². The number of imidazole rings is 1. The lowest BCUT2D eigenvalue weighted by Crippen LogP contribution is -2.30. The molecule has 1 aromatic heterocycles. The minimum absolute atomic E-state index is 0.00544. The Morgan fingerprint density at radius 3 is 2.81 bits per heavy atom. The van der Waals surface area contributed by atoms with Crippen LogP contribution in [0.3, 0.4) is 0 Å². The molecule has 0 amide bonds. The summed E-state index contributed by atoms with van der Waals surface area (Å²) in [6, 6.07) is 0. The summed E-state index contributed by atoms with van der Waals surface area (Å²) >= 11 is 0. The first-order valence-corrected chi connectivity index (χ1v) is 6.92. The predicted octanol–water partition coefficient (Wildman–Crippen LogP) is -0.459. The van der Waals surface area contributed by atoms with Gasteiger partial charge >= 0.3 is 0 Å². The van der Waals surface area contributed by atoms with Gasteiger partial charge < -0.3 is 10.3 Å². The van der Waals surface area contributed by atoms with Crippen LogP contribution >= 0.6 is 0 Å². The van der Waals surface area contributed by atoms with Gasteiger partial charge in [0.2, 0.25) is 10.0 Å². The molecular formula is C9H18N4O2S. The van der Waals surface area contributed by atoms with E-state index in [0.717, 1.165) is 19.4 Å².